The molecule has 0 spiro atoms. The SMILES string of the molecule is C[C@]12CC[C@H](NC(=O)N3CCNC(=O)C3)C[C@H]1CC[C@@H]1[C@@H]2CC[C@]2(C)[C@@H](C3=CC(=O)OC3)CC[C@]12O. The van der Waals surface area contributed by atoms with Crippen molar-refractivity contribution in [3.05, 3.63) is 11.6 Å². The Bertz CT molecular complexity index is 998. The summed E-state index contributed by atoms with van der Waals surface area (Å²) in [6.07, 6.45) is 10.6. The van der Waals surface area contributed by atoms with E-state index in [0.29, 0.717) is 37.5 Å². The molecule has 1 saturated heterocycles. The van der Waals surface area contributed by atoms with Crippen LogP contribution in [0.3, 0.4) is 0 Å². The van der Waals surface area contributed by atoms with Crippen LogP contribution in [0.4, 0.5) is 4.79 Å². The van der Waals surface area contributed by atoms with E-state index in [1.807, 2.05) is 0 Å². The maximum atomic E-state index is 12.8. The van der Waals surface area contributed by atoms with Gasteiger partial charge in [0, 0.05) is 30.6 Å². The molecule has 5 fully saturated rings. The molecule has 0 radical (unpaired) electrons. The molecule has 6 rings (SSSR count). The number of cyclic esters (lactones) is 1. The van der Waals surface area contributed by atoms with Gasteiger partial charge >= 0.3 is 12.0 Å². The fourth-order valence-electron chi connectivity index (χ4n) is 9.62. The first kappa shape index (κ1) is 24.3. The van der Waals surface area contributed by atoms with E-state index in [2.05, 4.69) is 24.5 Å². The fourth-order valence-corrected chi connectivity index (χ4v) is 9.62. The normalized spacial score (nSPS) is 46.1. The van der Waals surface area contributed by atoms with E-state index in [0.717, 1.165) is 63.4 Å². The summed E-state index contributed by atoms with van der Waals surface area (Å²) >= 11 is 0. The van der Waals surface area contributed by atoms with Crippen LogP contribution in [-0.4, -0.2) is 65.8 Å². The zero-order valence-corrected chi connectivity index (χ0v) is 21.7. The Morgan fingerprint density at radius 2 is 1.94 bits per heavy atom. The monoisotopic (exact) mass is 499 g/mol. The topological polar surface area (TPSA) is 108 Å². The molecule has 3 amide bonds. The van der Waals surface area contributed by atoms with Crippen molar-refractivity contribution in [2.45, 2.75) is 83.3 Å². The summed E-state index contributed by atoms with van der Waals surface area (Å²) in [5.41, 5.74) is 0.360. The minimum Gasteiger partial charge on any atom is -0.458 e. The van der Waals surface area contributed by atoms with Gasteiger partial charge < -0.3 is 25.4 Å². The zero-order valence-electron chi connectivity index (χ0n) is 21.7. The summed E-state index contributed by atoms with van der Waals surface area (Å²) in [5.74, 6) is 1.22. The number of aliphatic hydroxyl groups is 1. The predicted octanol–water partition coefficient (Wildman–Crippen LogP) is 2.75. The predicted molar refractivity (Wildman–Crippen MR) is 133 cm³/mol. The lowest BCUT2D eigenvalue weighted by molar-refractivity contribution is -0.204. The van der Waals surface area contributed by atoms with Crippen LogP contribution in [0.15, 0.2) is 11.6 Å². The summed E-state index contributed by atoms with van der Waals surface area (Å²) in [7, 11) is 0. The molecule has 4 saturated carbocycles. The minimum absolute atomic E-state index is 0.0920. The summed E-state index contributed by atoms with van der Waals surface area (Å²) in [5, 5.41) is 18.4. The Morgan fingerprint density at radius 1 is 1.11 bits per heavy atom. The molecule has 4 aliphatic carbocycles. The Labute approximate surface area is 213 Å². The van der Waals surface area contributed by atoms with Crippen LogP contribution in [0, 0.1) is 34.5 Å². The van der Waals surface area contributed by atoms with Gasteiger partial charge in [0.1, 0.15) is 13.2 Å². The van der Waals surface area contributed by atoms with E-state index < -0.39 is 5.60 Å². The zero-order chi connectivity index (χ0) is 25.3. The summed E-state index contributed by atoms with van der Waals surface area (Å²) < 4.78 is 5.24. The number of rotatable bonds is 2. The molecule has 0 aromatic rings. The number of piperazine rings is 1. The second-order valence-corrected chi connectivity index (χ2v) is 13.0. The van der Waals surface area contributed by atoms with Gasteiger partial charge in [0.2, 0.25) is 5.91 Å². The molecular weight excluding hydrogens is 458 g/mol. The third-order valence-corrected chi connectivity index (χ3v) is 11.6. The Morgan fingerprint density at radius 3 is 2.69 bits per heavy atom. The number of hydrogen-bond donors (Lipinski definition) is 3. The maximum absolute atomic E-state index is 12.8. The van der Waals surface area contributed by atoms with Crippen molar-refractivity contribution in [1.82, 2.24) is 15.5 Å². The fraction of sp³-hybridized carbons (Fsp3) is 0.821. The largest absolute Gasteiger partial charge is 0.458 e. The van der Waals surface area contributed by atoms with Crippen LogP contribution in [0.5, 0.6) is 0 Å². The number of urea groups is 1. The summed E-state index contributed by atoms with van der Waals surface area (Å²) in [6, 6.07) is 0.0346. The van der Waals surface area contributed by atoms with E-state index in [1.165, 1.54) is 0 Å². The number of nitrogens with zero attached hydrogens (tertiary/aromatic N) is 1. The van der Waals surface area contributed by atoms with Gasteiger partial charge in [-0.3, -0.25) is 4.79 Å². The lowest BCUT2D eigenvalue weighted by Gasteiger charge is -2.64. The van der Waals surface area contributed by atoms with Crippen LogP contribution in [-0.2, 0) is 14.3 Å². The third-order valence-electron chi connectivity index (χ3n) is 11.6. The molecule has 0 unspecified atom stereocenters. The molecule has 8 heteroatoms. The van der Waals surface area contributed by atoms with Crippen LogP contribution < -0.4 is 10.6 Å². The molecule has 198 valence electrons. The first-order valence-corrected chi connectivity index (χ1v) is 14.1. The van der Waals surface area contributed by atoms with E-state index in [1.54, 1.807) is 11.0 Å². The molecule has 0 aromatic heterocycles. The van der Waals surface area contributed by atoms with Crippen LogP contribution in [0.1, 0.15) is 71.6 Å². The summed E-state index contributed by atoms with van der Waals surface area (Å²) in [4.78, 5) is 37.9. The van der Waals surface area contributed by atoms with Crippen molar-refractivity contribution in [2.75, 3.05) is 26.2 Å². The number of fused-ring (bicyclic) bond motifs is 5. The first-order valence-electron chi connectivity index (χ1n) is 14.1. The molecule has 3 N–H and O–H groups in total. The number of nitrogens with one attached hydrogen (secondary N) is 2. The molecule has 0 bridgehead atoms. The number of ether oxygens (including phenoxy) is 1. The van der Waals surface area contributed by atoms with Gasteiger partial charge in [-0.2, -0.15) is 0 Å². The number of hydrogen-bond acceptors (Lipinski definition) is 5. The molecule has 6 aliphatic rings. The number of carbonyl (C=O) groups excluding carboxylic acids is 3. The minimum atomic E-state index is -0.694. The van der Waals surface area contributed by atoms with Crippen molar-refractivity contribution in [1.29, 1.82) is 0 Å². The highest BCUT2D eigenvalue weighted by Gasteiger charge is 2.67. The van der Waals surface area contributed by atoms with Crippen molar-refractivity contribution < 1.29 is 24.2 Å². The highest BCUT2D eigenvalue weighted by molar-refractivity contribution is 5.85. The first-order chi connectivity index (χ1) is 17.1. The highest BCUT2D eigenvalue weighted by Crippen LogP contribution is 2.69. The van der Waals surface area contributed by atoms with Crippen molar-refractivity contribution in [2.24, 2.45) is 34.5 Å². The average Bonchev–Trinajstić information content (AvgIpc) is 3.39. The Balaban J connectivity index is 1.15. The van der Waals surface area contributed by atoms with Gasteiger partial charge in [-0.05, 0) is 92.4 Å². The van der Waals surface area contributed by atoms with Crippen molar-refractivity contribution in [3.8, 4) is 0 Å². The number of esters is 1. The van der Waals surface area contributed by atoms with E-state index in [-0.39, 0.29) is 47.2 Å². The average molecular weight is 500 g/mol. The van der Waals surface area contributed by atoms with Crippen LogP contribution >= 0.6 is 0 Å². The molecule has 2 heterocycles. The third kappa shape index (κ3) is 3.53. The van der Waals surface area contributed by atoms with E-state index >= 15 is 0 Å². The molecular formula is C28H41N3O5. The molecule has 2 aliphatic heterocycles. The molecule has 8 nitrogen and oxygen atoms in total. The van der Waals surface area contributed by atoms with Gasteiger partial charge in [0.05, 0.1) is 5.60 Å². The molecule has 0 aromatic carbocycles. The maximum Gasteiger partial charge on any atom is 0.331 e. The van der Waals surface area contributed by atoms with E-state index in [4.69, 9.17) is 4.74 Å². The lowest BCUT2D eigenvalue weighted by Crippen LogP contribution is -2.63. The van der Waals surface area contributed by atoms with Crippen molar-refractivity contribution >= 4 is 17.9 Å². The van der Waals surface area contributed by atoms with Crippen LogP contribution in [0.2, 0.25) is 0 Å². The Hall–Kier alpha value is -2.09. The number of amides is 3. The van der Waals surface area contributed by atoms with Gasteiger partial charge in [0.25, 0.3) is 0 Å². The second-order valence-electron chi connectivity index (χ2n) is 13.0. The molecule has 8 atom stereocenters. The lowest BCUT2D eigenvalue weighted by atomic mass is 9.43. The van der Waals surface area contributed by atoms with Gasteiger partial charge in [0.15, 0.2) is 0 Å². The smallest absolute Gasteiger partial charge is 0.331 e. The summed E-state index contributed by atoms with van der Waals surface area (Å²) in [6.45, 7) is 6.32. The van der Waals surface area contributed by atoms with Gasteiger partial charge in [-0.15, -0.1) is 0 Å². The number of carbonyl (C=O) groups is 3. The van der Waals surface area contributed by atoms with Gasteiger partial charge in [-0.25, -0.2) is 9.59 Å². The van der Waals surface area contributed by atoms with Crippen LogP contribution in [0.25, 0.3) is 0 Å². The molecule has 36 heavy (non-hydrogen) atoms. The van der Waals surface area contributed by atoms with Gasteiger partial charge in [-0.1, -0.05) is 13.8 Å². The second kappa shape index (κ2) is 8.47. The highest BCUT2D eigenvalue weighted by atomic mass is 16.5. The Kier molecular flexibility index (Phi) is 5.71. The standard InChI is InChI=1S/C28H41N3O5/c1-26-8-5-19(30-25(34)31-12-11-29-23(32)15-31)14-18(26)3-4-22-21(26)6-9-27(2)20(7-10-28(22,27)35)17-13-24(33)36-16-17/h13,18-22,35H,3-12,14-16H2,1-2H3,(H,29,32)(H,30,34)/t18-,19+,20-,21+,22-,26+,27-,28+/m1/s1. The van der Waals surface area contributed by atoms with E-state index in [9.17, 15) is 19.5 Å². The quantitative estimate of drug-likeness (QED) is 0.507. The van der Waals surface area contributed by atoms with Crippen molar-refractivity contribution in [3.63, 3.8) is 0 Å².